The summed E-state index contributed by atoms with van der Waals surface area (Å²) in [4.78, 5) is 0. The molecule has 0 heterocycles. The maximum atomic E-state index is 2.59. The van der Waals surface area contributed by atoms with Crippen LogP contribution in [0, 0.1) is 51.2 Å². The summed E-state index contributed by atoms with van der Waals surface area (Å²) in [7, 11) is 0. The molecule has 110 valence electrons. The van der Waals surface area contributed by atoms with Crippen molar-refractivity contribution in [1.82, 2.24) is 0 Å². The van der Waals surface area contributed by atoms with Gasteiger partial charge in [0.05, 0.1) is 0 Å². The van der Waals surface area contributed by atoms with Crippen molar-refractivity contribution in [1.29, 1.82) is 0 Å². The normalized spacial score (nSPS) is 68.2. The fourth-order valence-corrected chi connectivity index (χ4v) is 9.88. The Kier molecular flexibility index (Phi) is 1.61. The minimum absolute atomic E-state index is 0.566. The largest absolute Gasteiger partial charge is 0.0596 e. The lowest BCUT2D eigenvalue weighted by Crippen LogP contribution is -2.40. The van der Waals surface area contributed by atoms with E-state index in [4.69, 9.17) is 0 Å². The Bertz CT molecular complexity index is 513. The van der Waals surface area contributed by atoms with Crippen molar-refractivity contribution in [3.8, 4) is 0 Å². The topological polar surface area (TPSA) is 0 Å². The van der Waals surface area contributed by atoms with Crippen molar-refractivity contribution in [2.75, 3.05) is 0 Å². The first-order valence-corrected chi connectivity index (χ1v) is 9.47. The van der Waals surface area contributed by atoms with Crippen LogP contribution >= 0.6 is 0 Å². The second-order valence-corrected chi connectivity index (χ2v) is 10.7. The molecule has 0 amide bonds. The van der Waals surface area contributed by atoms with E-state index in [-0.39, 0.29) is 0 Å². The highest BCUT2D eigenvalue weighted by Gasteiger charge is 2.93. The fourth-order valence-electron chi connectivity index (χ4n) is 9.88. The van der Waals surface area contributed by atoms with Gasteiger partial charge in [-0.15, -0.1) is 0 Å². The average molecular weight is 270 g/mol. The Hall–Kier alpha value is 0. The first kappa shape index (κ1) is 11.6. The smallest absolute Gasteiger partial charge is 0.0137 e. The molecule has 4 bridgehead atoms. The minimum Gasteiger partial charge on any atom is -0.0596 e. The monoisotopic (exact) mass is 270 g/mol. The molecule has 6 rings (SSSR count). The molecular weight excluding hydrogens is 240 g/mol. The van der Waals surface area contributed by atoms with E-state index in [1.807, 2.05) is 0 Å². The summed E-state index contributed by atoms with van der Waals surface area (Å²) in [5.74, 6) is 5.80. The lowest BCUT2D eigenvalue weighted by Gasteiger charge is -2.45. The van der Waals surface area contributed by atoms with Gasteiger partial charge in [-0.05, 0) is 103 Å². The van der Waals surface area contributed by atoms with Gasteiger partial charge >= 0.3 is 0 Å². The Balaban J connectivity index is 1.53. The number of hydrogen-bond acceptors (Lipinski definition) is 0. The highest BCUT2D eigenvalue weighted by atomic mass is 15.0. The highest BCUT2D eigenvalue weighted by Crippen LogP contribution is 2.99. The van der Waals surface area contributed by atoms with Gasteiger partial charge in [-0.3, -0.25) is 0 Å². The average Bonchev–Trinajstić information content (AvgIpc) is 3.10. The molecule has 0 aliphatic heterocycles. The van der Waals surface area contributed by atoms with Crippen LogP contribution in [0.5, 0.6) is 0 Å². The predicted octanol–water partition coefficient (Wildman–Crippen LogP) is 5.28. The van der Waals surface area contributed by atoms with E-state index < -0.39 is 0 Å². The van der Waals surface area contributed by atoms with Crippen molar-refractivity contribution in [3.63, 3.8) is 0 Å². The van der Waals surface area contributed by atoms with Gasteiger partial charge in [0.2, 0.25) is 0 Å². The van der Waals surface area contributed by atoms with E-state index in [1.54, 1.807) is 51.4 Å². The Morgan fingerprint density at radius 1 is 0.850 bits per heavy atom. The minimum atomic E-state index is 0.566. The third-order valence-corrected chi connectivity index (χ3v) is 10.1. The SMILES string of the molecule is CC(C)(C)C12CC1(C13CC1[C@@H]1CC[C@H]3C1)[C@@H]1CC[C@H]2C1. The predicted molar refractivity (Wildman–Crippen MR) is 81.1 cm³/mol. The van der Waals surface area contributed by atoms with Crippen molar-refractivity contribution in [2.45, 2.75) is 72.1 Å². The molecule has 0 aromatic carbocycles. The summed E-state index contributed by atoms with van der Waals surface area (Å²) in [6.07, 6.45) is 13.0. The molecule has 6 fully saturated rings. The first-order valence-electron chi connectivity index (χ1n) is 9.47. The second kappa shape index (κ2) is 2.79. The van der Waals surface area contributed by atoms with Gasteiger partial charge in [-0.25, -0.2) is 0 Å². The van der Waals surface area contributed by atoms with Crippen LogP contribution in [-0.2, 0) is 0 Å². The van der Waals surface area contributed by atoms with Crippen molar-refractivity contribution in [2.24, 2.45) is 51.2 Å². The molecular formula is C20H30. The Labute approximate surface area is 124 Å². The number of hydrogen-bond donors (Lipinski definition) is 0. The van der Waals surface area contributed by atoms with E-state index in [2.05, 4.69) is 20.8 Å². The summed E-state index contributed by atoms with van der Waals surface area (Å²) >= 11 is 0. The molecule has 0 nitrogen and oxygen atoms in total. The van der Waals surface area contributed by atoms with Crippen LogP contribution in [-0.4, -0.2) is 0 Å². The van der Waals surface area contributed by atoms with Crippen LogP contribution in [0.15, 0.2) is 0 Å². The van der Waals surface area contributed by atoms with E-state index >= 15 is 0 Å². The zero-order valence-electron chi connectivity index (χ0n) is 13.5. The van der Waals surface area contributed by atoms with Gasteiger partial charge in [0.25, 0.3) is 0 Å². The van der Waals surface area contributed by atoms with Crippen molar-refractivity contribution >= 4 is 0 Å². The van der Waals surface area contributed by atoms with Crippen LogP contribution in [0.4, 0.5) is 0 Å². The van der Waals surface area contributed by atoms with E-state index in [0.29, 0.717) is 5.41 Å². The van der Waals surface area contributed by atoms with Crippen LogP contribution in [0.25, 0.3) is 0 Å². The molecule has 0 spiro atoms. The quantitative estimate of drug-likeness (QED) is 0.608. The van der Waals surface area contributed by atoms with Gasteiger partial charge in [-0.2, -0.15) is 0 Å². The van der Waals surface area contributed by atoms with Gasteiger partial charge in [-0.1, -0.05) is 20.8 Å². The molecule has 20 heavy (non-hydrogen) atoms. The third kappa shape index (κ3) is 0.813. The van der Waals surface area contributed by atoms with Gasteiger partial charge in [0, 0.05) is 0 Å². The molecule has 0 heteroatoms. The number of fused-ring (bicyclic) bond motifs is 11. The highest BCUT2D eigenvalue weighted by molar-refractivity contribution is 5.41. The summed E-state index contributed by atoms with van der Waals surface area (Å²) in [6, 6.07) is 0. The zero-order chi connectivity index (χ0) is 13.5. The van der Waals surface area contributed by atoms with E-state index in [0.717, 1.165) is 28.1 Å². The fraction of sp³-hybridized carbons (Fsp3) is 1.00. The summed E-state index contributed by atoms with van der Waals surface area (Å²) in [5.41, 5.74) is 3.09. The molecule has 8 atom stereocenters. The van der Waals surface area contributed by atoms with Crippen LogP contribution in [0.3, 0.4) is 0 Å². The lowest BCUT2D eigenvalue weighted by atomic mass is 9.58. The van der Waals surface area contributed by atoms with Crippen molar-refractivity contribution < 1.29 is 0 Å². The van der Waals surface area contributed by atoms with Gasteiger partial charge in [0.1, 0.15) is 0 Å². The molecule has 6 aliphatic rings. The Morgan fingerprint density at radius 2 is 1.60 bits per heavy atom. The molecule has 0 saturated heterocycles. The van der Waals surface area contributed by atoms with Crippen molar-refractivity contribution in [3.05, 3.63) is 0 Å². The Morgan fingerprint density at radius 3 is 2.30 bits per heavy atom. The first-order chi connectivity index (χ1) is 9.47. The summed E-state index contributed by atoms with van der Waals surface area (Å²) < 4.78 is 0. The molecule has 0 aromatic rings. The molecule has 0 radical (unpaired) electrons. The standard InChI is InChI=1S/C20H30/c1-17(2,3)19-11-20(19,15-7-6-14(19)9-15)18-10-16(18)12-4-5-13(18)8-12/h12-16H,4-11H2,1-3H3/t12-,13+,14+,15-,16?,18?,19?,20?/m1/s1. The summed E-state index contributed by atoms with van der Waals surface area (Å²) in [5, 5.41) is 0. The van der Waals surface area contributed by atoms with Gasteiger partial charge < -0.3 is 0 Å². The lowest BCUT2D eigenvalue weighted by molar-refractivity contribution is 0.0173. The maximum absolute atomic E-state index is 2.59. The second-order valence-electron chi connectivity index (χ2n) is 10.7. The van der Waals surface area contributed by atoms with Crippen LogP contribution in [0.2, 0.25) is 0 Å². The maximum Gasteiger partial charge on any atom is -0.0137 e. The van der Waals surface area contributed by atoms with E-state index in [1.165, 1.54) is 17.8 Å². The molecule has 6 saturated carbocycles. The van der Waals surface area contributed by atoms with Gasteiger partial charge in [0.15, 0.2) is 0 Å². The number of rotatable bonds is 1. The zero-order valence-corrected chi connectivity index (χ0v) is 13.5. The third-order valence-electron chi connectivity index (χ3n) is 10.1. The molecule has 6 aliphatic carbocycles. The van der Waals surface area contributed by atoms with Crippen LogP contribution in [0.1, 0.15) is 72.1 Å². The molecule has 0 N–H and O–H groups in total. The molecule has 4 unspecified atom stereocenters. The van der Waals surface area contributed by atoms with Crippen LogP contribution < -0.4 is 0 Å². The molecule has 0 aromatic heterocycles. The summed E-state index contributed by atoms with van der Waals surface area (Å²) in [6.45, 7) is 7.78. The van der Waals surface area contributed by atoms with E-state index in [9.17, 15) is 0 Å².